The second-order valence-corrected chi connectivity index (χ2v) is 5.16. The van der Waals surface area contributed by atoms with E-state index in [2.05, 4.69) is 0 Å². The van der Waals surface area contributed by atoms with Crippen LogP contribution in [0.3, 0.4) is 0 Å². The fraction of sp³-hybridized carbons (Fsp3) is 0.278. The van der Waals surface area contributed by atoms with Gasteiger partial charge in [0.2, 0.25) is 0 Å². The predicted octanol–water partition coefficient (Wildman–Crippen LogP) is 2.67. The predicted molar refractivity (Wildman–Crippen MR) is 84.3 cm³/mol. The second kappa shape index (κ2) is 7.72. The van der Waals surface area contributed by atoms with Gasteiger partial charge in [-0.05, 0) is 18.1 Å². The highest BCUT2D eigenvalue weighted by atomic mass is 16.3. The Hall–Kier alpha value is -1.97. The molecule has 0 saturated heterocycles. The molecule has 110 valence electrons. The Labute approximate surface area is 125 Å². The van der Waals surface area contributed by atoms with Gasteiger partial charge in [0, 0.05) is 18.7 Å². The summed E-state index contributed by atoms with van der Waals surface area (Å²) < 4.78 is 0. The summed E-state index contributed by atoms with van der Waals surface area (Å²) in [6, 6.07) is 17.6. The summed E-state index contributed by atoms with van der Waals surface area (Å²) >= 11 is 0. The molecule has 0 heterocycles. The highest BCUT2D eigenvalue weighted by molar-refractivity contribution is 5.98. The van der Waals surface area contributed by atoms with Crippen LogP contribution in [0, 0.1) is 6.92 Å². The molecule has 3 heteroatoms. The Morgan fingerprint density at radius 2 is 1.71 bits per heavy atom. The zero-order valence-corrected chi connectivity index (χ0v) is 12.3. The van der Waals surface area contributed by atoms with Crippen molar-refractivity contribution in [1.82, 2.24) is 4.90 Å². The molecule has 0 bridgehead atoms. The summed E-state index contributed by atoms with van der Waals surface area (Å²) in [7, 11) is 0. The Morgan fingerprint density at radius 1 is 1.05 bits per heavy atom. The largest absolute Gasteiger partial charge is 0.395 e. The first-order valence-electron chi connectivity index (χ1n) is 7.16. The maximum atomic E-state index is 12.4. The molecule has 0 amide bonds. The van der Waals surface area contributed by atoms with E-state index in [1.165, 1.54) is 0 Å². The van der Waals surface area contributed by atoms with Gasteiger partial charge < -0.3 is 5.11 Å². The van der Waals surface area contributed by atoms with E-state index >= 15 is 0 Å². The van der Waals surface area contributed by atoms with E-state index < -0.39 is 0 Å². The molecular formula is C18H21NO2. The van der Waals surface area contributed by atoms with E-state index in [0.29, 0.717) is 19.6 Å². The SMILES string of the molecule is Cc1ccccc1C(=O)CN(CCO)Cc1ccccc1. The van der Waals surface area contributed by atoms with Gasteiger partial charge in [0.05, 0.1) is 13.2 Å². The molecule has 0 unspecified atom stereocenters. The van der Waals surface area contributed by atoms with E-state index in [0.717, 1.165) is 16.7 Å². The van der Waals surface area contributed by atoms with Crippen molar-refractivity contribution in [2.24, 2.45) is 0 Å². The number of hydrogen-bond acceptors (Lipinski definition) is 3. The molecule has 0 atom stereocenters. The molecule has 0 saturated carbocycles. The van der Waals surface area contributed by atoms with Crippen LogP contribution in [0.15, 0.2) is 54.6 Å². The Kier molecular flexibility index (Phi) is 5.67. The summed E-state index contributed by atoms with van der Waals surface area (Å²) in [5.74, 6) is 0.0949. The van der Waals surface area contributed by atoms with Crippen LogP contribution in [0.2, 0.25) is 0 Å². The lowest BCUT2D eigenvalue weighted by molar-refractivity contribution is 0.0907. The van der Waals surface area contributed by atoms with Crippen molar-refractivity contribution in [1.29, 1.82) is 0 Å². The topological polar surface area (TPSA) is 40.5 Å². The molecular weight excluding hydrogens is 262 g/mol. The van der Waals surface area contributed by atoms with Crippen molar-refractivity contribution in [2.45, 2.75) is 13.5 Å². The molecule has 2 rings (SSSR count). The number of Topliss-reactive ketones (excluding diaryl/α,β-unsaturated/α-hetero) is 1. The number of aliphatic hydroxyl groups excluding tert-OH is 1. The van der Waals surface area contributed by atoms with Gasteiger partial charge in [0.15, 0.2) is 5.78 Å². The molecule has 0 radical (unpaired) electrons. The van der Waals surface area contributed by atoms with Crippen LogP contribution in [0.1, 0.15) is 21.5 Å². The molecule has 0 spiro atoms. The van der Waals surface area contributed by atoms with E-state index in [1.54, 1.807) is 0 Å². The third kappa shape index (κ3) is 4.52. The van der Waals surface area contributed by atoms with Crippen LogP contribution >= 0.6 is 0 Å². The monoisotopic (exact) mass is 283 g/mol. The lowest BCUT2D eigenvalue weighted by Crippen LogP contribution is -2.32. The third-order valence-corrected chi connectivity index (χ3v) is 3.48. The number of benzene rings is 2. The number of carbonyl (C=O) groups is 1. The number of aryl methyl sites for hydroxylation is 1. The van der Waals surface area contributed by atoms with Gasteiger partial charge in [-0.1, -0.05) is 54.6 Å². The highest BCUT2D eigenvalue weighted by Gasteiger charge is 2.14. The summed E-state index contributed by atoms with van der Waals surface area (Å²) in [6.07, 6.45) is 0. The molecule has 21 heavy (non-hydrogen) atoms. The fourth-order valence-corrected chi connectivity index (χ4v) is 2.37. The van der Waals surface area contributed by atoms with Crippen molar-refractivity contribution >= 4 is 5.78 Å². The molecule has 0 aliphatic carbocycles. The fourth-order valence-electron chi connectivity index (χ4n) is 2.37. The molecule has 0 aromatic heterocycles. The molecule has 2 aromatic rings. The Morgan fingerprint density at radius 3 is 2.38 bits per heavy atom. The maximum Gasteiger partial charge on any atom is 0.177 e. The van der Waals surface area contributed by atoms with Crippen LogP contribution in [0.4, 0.5) is 0 Å². The first-order chi connectivity index (χ1) is 10.2. The second-order valence-electron chi connectivity index (χ2n) is 5.16. The van der Waals surface area contributed by atoms with Crippen LogP contribution in [-0.2, 0) is 6.54 Å². The molecule has 0 fully saturated rings. The lowest BCUT2D eigenvalue weighted by Gasteiger charge is -2.21. The highest BCUT2D eigenvalue weighted by Crippen LogP contribution is 2.10. The van der Waals surface area contributed by atoms with Crippen molar-refractivity contribution in [2.75, 3.05) is 19.7 Å². The summed E-state index contributed by atoms with van der Waals surface area (Å²) in [5, 5.41) is 9.20. The van der Waals surface area contributed by atoms with Gasteiger partial charge in [-0.2, -0.15) is 0 Å². The van der Waals surface area contributed by atoms with Crippen molar-refractivity contribution in [3.63, 3.8) is 0 Å². The molecule has 1 N–H and O–H groups in total. The third-order valence-electron chi connectivity index (χ3n) is 3.48. The standard InChI is InChI=1S/C18H21NO2/c1-15-7-5-6-10-17(15)18(21)14-19(11-12-20)13-16-8-3-2-4-9-16/h2-10,20H,11-14H2,1H3. The van der Waals surface area contributed by atoms with Gasteiger partial charge in [0.25, 0.3) is 0 Å². The van der Waals surface area contributed by atoms with Gasteiger partial charge in [0.1, 0.15) is 0 Å². The normalized spacial score (nSPS) is 10.8. The van der Waals surface area contributed by atoms with Crippen LogP contribution in [0.25, 0.3) is 0 Å². The number of carbonyl (C=O) groups excluding carboxylic acids is 1. The van der Waals surface area contributed by atoms with Crippen molar-refractivity contribution < 1.29 is 9.90 Å². The Balaban J connectivity index is 2.06. The molecule has 0 aliphatic heterocycles. The van der Waals surface area contributed by atoms with Gasteiger partial charge in [-0.25, -0.2) is 0 Å². The van der Waals surface area contributed by atoms with E-state index in [9.17, 15) is 9.90 Å². The number of rotatable bonds is 7. The van der Waals surface area contributed by atoms with Crippen LogP contribution in [-0.4, -0.2) is 35.5 Å². The minimum Gasteiger partial charge on any atom is -0.395 e. The van der Waals surface area contributed by atoms with Gasteiger partial charge in [-0.15, -0.1) is 0 Å². The minimum atomic E-state index is 0.0495. The summed E-state index contributed by atoms with van der Waals surface area (Å²) in [6.45, 7) is 3.47. The molecule has 3 nitrogen and oxygen atoms in total. The average Bonchev–Trinajstić information content (AvgIpc) is 2.49. The summed E-state index contributed by atoms with van der Waals surface area (Å²) in [4.78, 5) is 14.4. The van der Waals surface area contributed by atoms with Crippen molar-refractivity contribution in [3.05, 3.63) is 71.3 Å². The van der Waals surface area contributed by atoms with Gasteiger partial charge >= 0.3 is 0 Å². The molecule has 0 aliphatic rings. The average molecular weight is 283 g/mol. The Bertz CT molecular complexity index is 581. The minimum absolute atomic E-state index is 0.0495. The van der Waals surface area contributed by atoms with Gasteiger partial charge in [-0.3, -0.25) is 9.69 Å². The summed E-state index contributed by atoms with van der Waals surface area (Å²) in [5.41, 5.74) is 2.89. The zero-order chi connectivity index (χ0) is 15.1. The van der Waals surface area contributed by atoms with Crippen molar-refractivity contribution in [3.8, 4) is 0 Å². The van der Waals surface area contributed by atoms with Crippen LogP contribution in [0.5, 0.6) is 0 Å². The zero-order valence-electron chi connectivity index (χ0n) is 12.3. The van der Waals surface area contributed by atoms with Crippen LogP contribution < -0.4 is 0 Å². The van der Waals surface area contributed by atoms with E-state index in [1.807, 2.05) is 66.4 Å². The number of hydrogen-bond donors (Lipinski definition) is 1. The lowest BCUT2D eigenvalue weighted by atomic mass is 10.0. The van der Waals surface area contributed by atoms with E-state index in [-0.39, 0.29) is 12.4 Å². The smallest absolute Gasteiger partial charge is 0.177 e. The number of ketones is 1. The number of nitrogens with zero attached hydrogens (tertiary/aromatic N) is 1. The maximum absolute atomic E-state index is 12.4. The number of aliphatic hydroxyl groups is 1. The first kappa shape index (κ1) is 15.4. The first-order valence-corrected chi connectivity index (χ1v) is 7.16. The van der Waals surface area contributed by atoms with E-state index in [4.69, 9.17) is 0 Å². The quantitative estimate of drug-likeness (QED) is 0.794. The molecule has 2 aromatic carbocycles.